The molecule has 7 heteroatoms. The van der Waals surface area contributed by atoms with Gasteiger partial charge in [0.1, 0.15) is 12.2 Å². The average molecular weight is 303 g/mol. The summed E-state index contributed by atoms with van der Waals surface area (Å²) in [4.78, 5) is 42.4. The van der Waals surface area contributed by atoms with Gasteiger partial charge in [-0.05, 0) is 30.9 Å². The third-order valence-corrected chi connectivity index (χ3v) is 4.72. The number of ether oxygens (including phenoxy) is 1. The lowest BCUT2D eigenvalue weighted by Crippen LogP contribution is -2.54. The molecule has 1 atom stereocenters. The van der Waals surface area contributed by atoms with Gasteiger partial charge in [-0.1, -0.05) is 0 Å². The fraction of sp³-hybridized carbons (Fsp3) is 0.533. The van der Waals surface area contributed by atoms with Gasteiger partial charge >= 0.3 is 6.09 Å². The van der Waals surface area contributed by atoms with Gasteiger partial charge in [0.2, 0.25) is 0 Å². The van der Waals surface area contributed by atoms with E-state index < -0.39 is 0 Å². The number of aromatic amines is 1. The summed E-state index contributed by atoms with van der Waals surface area (Å²) in [7, 11) is 0. The Hall–Kier alpha value is -2.31. The maximum atomic E-state index is 12.7. The number of piperazine rings is 1. The van der Waals surface area contributed by atoms with Crippen molar-refractivity contribution in [1.29, 1.82) is 0 Å². The van der Waals surface area contributed by atoms with Crippen LogP contribution in [0.15, 0.2) is 10.9 Å². The van der Waals surface area contributed by atoms with Crippen molar-refractivity contribution in [3.63, 3.8) is 0 Å². The second-order valence-corrected chi connectivity index (χ2v) is 6.04. The molecule has 7 nitrogen and oxygen atoms in total. The summed E-state index contributed by atoms with van der Waals surface area (Å²) in [6.45, 7) is 1.61. The number of nitrogens with one attached hydrogen (secondary N) is 1. The van der Waals surface area contributed by atoms with Crippen LogP contribution in [0.1, 0.15) is 28.0 Å². The van der Waals surface area contributed by atoms with Crippen molar-refractivity contribution in [2.24, 2.45) is 0 Å². The van der Waals surface area contributed by atoms with Gasteiger partial charge < -0.3 is 14.6 Å². The number of nitrogens with zero attached hydrogens (tertiary/aromatic N) is 2. The van der Waals surface area contributed by atoms with Crippen LogP contribution < -0.4 is 5.56 Å². The van der Waals surface area contributed by atoms with E-state index in [1.165, 1.54) is 0 Å². The predicted octanol–water partition coefficient (Wildman–Crippen LogP) is 0.140. The van der Waals surface area contributed by atoms with E-state index in [1.54, 1.807) is 15.9 Å². The van der Waals surface area contributed by atoms with E-state index in [4.69, 9.17) is 4.74 Å². The lowest BCUT2D eigenvalue weighted by molar-refractivity contribution is 0.0615. The van der Waals surface area contributed by atoms with Crippen LogP contribution in [0, 0.1) is 0 Å². The summed E-state index contributed by atoms with van der Waals surface area (Å²) in [5, 5.41) is 0. The lowest BCUT2D eigenvalue weighted by atomic mass is 10.1. The van der Waals surface area contributed by atoms with Crippen molar-refractivity contribution >= 4 is 12.0 Å². The Balaban J connectivity index is 1.58. The smallest absolute Gasteiger partial charge is 0.410 e. The van der Waals surface area contributed by atoms with E-state index in [1.807, 2.05) is 0 Å². The maximum absolute atomic E-state index is 12.7. The number of fused-ring (bicyclic) bond motifs is 2. The molecule has 0 aromatic carbocycles. The molecule has 4 rings (SSSR count). The van der Waals surface area contributed by atoms with Crippen LogP contribution in [0.2, 0.25) is 0 Å². The molecule has 2 saturated heterocycles. The van der Waals surface area contributed by atoms with Crippen molar-refractivity contribution in [3.05, 3.63) is 33.2 Å². The SMILES string of the molecule is O=C(c1cc2c([nH]c1=O)CCC2)N1CCN2C(=O)OC[C@H]2C1. The van der Waals surface area contributed by atoms with Crippen molar-refractivity contribution in [2.75, 3.05) is 26.2 Å². The number of cyclic esters (lactones) is 1. The molecule has 0 unspecified atom stereocenters. The summed E-state index contributed by atoms with van der Waals surface area (Å²) in [5.41, 5.74) is 1.92. The number of hydrogen-bond acceptors (Lipinski definition) is 4. The zero-order chi connectivity index (χ0) is 15.3. The standard InChI is InChI=1S/C15H17N3O4/c19-13-11(6-9-2-1-3-12(9)16-13)14(20)17-4-5-18-10(7-17)8-22-15(18)21/h6,10H,1-5,7-8H2,(H,16,19)/t10-/m1/s1. The molecule has 2 fully saturated rings. The van der Waals surface area contributed by atoms with Gasteiger partial charge in [-0.2, -0.15) is 0 Å². The molecule has 3 heterocycles. The van der Waals surface area contributed by atoms with Gasteiger partial charge in [-0.3, -0.25) is 14.5 Å². The minimum Gasteiger partial charge on any atom is -0.447 e. The van der Waals surface area contributed by atoms with Crippen LogP contribution in [0.3, 0.4) is 0 Å². The maximum Gasteiger partial charge on any atom is 0.410 e. The Labute approximate surface area is 126 Å². The van der Waals surface area contributed by atoms with E-state index in [0.717, 1.165) is 30.5 Å². The van der Waals surface area contributed by atoms with Crippen LogP contribution in [-0.4, -0.2) is 59.1 Å². The molecular formula is C15H17N3O4. The van der Waals surface area contributed by atoms with E-state index in [-0.39, 0.29) is 29.2 Å². The fourth-order valence-electron chi connectivity index (χ4n) is 3.52. The first-order valence-electron chi connectivity index (χ1n) is 7.61. The molecule has 1 aromatic rings. The number of aryl methyl sites for hydroxylation is 2. The number of hydrogen-bond donors (Lipinski definition) is 1. The van der Waals surface area contributed by atoms with Crippen LogP contribution in [0.4, 0.5) is 4.79 Å². The third-order valence-electron chi connectivity index (χ3n) is 4.72. The lowest BCUT2D eigenvalue weighted by Gasteiger charge is -2.35. The molecule has 0 radical (unpaired) electrons. The van der Waals surface area contributed by atoms with E-state index in [2.05, 4.69) is 4.98 Å². The number of rotatable bonds is 1. The molecule has 1 N–H and O–H groups in total. The van der Waals surface area contributed by atoms with Crippen molar-refractivity contribution in [2.45, 2.75) is 25.3 Å². The molecule has 2 amide bonds. The molecule has 3 aliphatic rings. The molecule has 0 spiro atoms. The molecule has 0 saturated carbocycles. The second-order valence-electron chi connectivity index (χ2n) is 6.04. The van der Waals surface area contributed by atoms with Crippen LogP contribution in [0.5, 0.6) is 0 Å². The van der Waals surface area contributed by atoms with Gasteiger partial charge in [0.15, 0.2) is 0 Å². The Morgan fingerprint density at radius 3 is 3.00 bits per heavy atom. The quantitative estimate of drug-likeness (QED) is 0.800. The zero-order valence-electron chi connectivity index (χ0n) is 12.1. The number of pyridine rings is 1. The van der Waals surface area contributed by atoms with Gasteiger partial charge in [0, 0.05) is 25.3 Å². The van der Waals surface area contributed by atoms with E-state index in [9.17, 15) is 14.4 Å². The number of aromatic nitrogens is 1. The molecule has 116 valence electrons. The highest BCUT2D eigenvalue weighted by atomic mass is 16.6. The highest BCUT2D eigenvalue weighted by Crippen LogP contribution is 2.21. The first kappa shape index (κ1) is 13.4. The minimum absolute atomic E-state index is 0.0984. The minimum atomic E-state index is -0.313. The Bertz CT molecular complexity index is 711. The highest BCUT2D eigenvalue weighted by molar-refractivity contribution is 5.94. The van der Waals surface area contributed by atoms with Gasteiger partial charge in [0.25, 0.3) is 11.5 Å². The predicted molar refractivity (Wildman–Crippen MR) is 76.8 cm³/mol. The normalized spacial score (nSPS) is 23.3. The van der Waals surface area contributed by atoms with Gasteiger partial charge in [-0.15, -0.1) is 0 Å². The van der Waals surface area contributed by atoms with Crippen LogP contribution >= 0.6 is 0 Å². The first-order valence-corrected chi connectivity index (χ1v) is 7.61. The summed E-state index contributed by atoms with van der Waals surface area (Å²) >= 11 is 0. The van der Waals surface area contributed by atoms with Crippen LogP contribution in [-0.2, 0) is 17.6 Å². The van der Waals surface area contributed by atoms with E-state index >= 15 is 0 Å². The summed E-state index contributed by atoms with van der Waals surface area (Å²) in [6, 6.07) is 1.64. The number of carbonyl (C=O) groups is 2. The Kier molecular flexibility index (Phi) is 2.95. The Morgan fingerprint density at radius 2 is 2.14 bits per heavy atom. The summed E-state index contributed by atoms with van der Waals surface area (Å²) in [5.74, 6) is -0.255. The summed E-state index contributed by atoms with van der Waals surface area (Å²) < 4.78 is 5.00. The molecule has 1 aliphatic carbocycles. The number of carbonyl (C=O) groups excluding carboxylic acids is 2. The number of H-pyrrole nitrogens is 1. The van der Waals surface area contributed by atoms with Crippen molar-refractivity contribution in [3.8, 4) is 0 Å². The van der Waals surface area contributed by atoms with Gasteiger partial charge in [-0.25, -0.2) is 4.79 Å². The monoisotopic (exact) mass is 303 g/mol. The topological polar surface area (TPSA) is 82.7 Å². The average Bonchev–Trinajstić information content (AvgIpc) is 3.12. The zero-order valence-corrected chi connectivity index (χ0v) is 12.1. The molecule has 0 bridgehead atoms. The molecule has 22 heavy (non-hydrogen) atoms. The third kappa shape index (κ3) is 2.00. The van der Waals surface area contributed by atoms with Crippen molar-refractivity contribution in [1.82, 2.24) is 14.8 Å². The largest absolute Gasteiger partial charge is 0.447 e. The second kappa shape index (κ2) is 4.86. The highest BCUT2D eigenvalue weighted by Gasteiger charge is 2.39. The first-order chi connectivity index (χ1) is 10.6. The van der Waals surface area contributed by atoms with Gasteiger partial charge in [0.05, 0.1) is 6.04 Å². The fourth-order valence-corrected chi connectivity index (χ4v) is 3.52. The molecule has 2 aliphatic heterocycles. The molecule has 1 aromatic heterocycles. The van der Waals surface area contributed by atoms with Crippen LogP contribution in [0.25, 0.3) is 0 Å². The number of amides is 2. The van der Waals surface area contributed by atoms with Crippen molar-refractivity contribution < 1.29 is 14.3 Å². The van der Waals surface area contributed by atoms with E-state index in [0.29, 0.717) is 26.2 Å². The Morgan fingerprint density at radius 1 is 1.27 bits per heavy atom. The molecular weight excluding hydrogens is 286 g/mol. The summed E-state index contributed by atoms with van der Waals surface area (Å²) in [6.07, 6.45) is 2.49.